The summed E-state index contributed by atoms with van der Waals surface area (Å²) in [6.07, 6.45) is 13.2. The SMILES string of the molecule is CCNC(Cc1ccn(C2CCCC2)n1)C1C2CCCC21. The van der Waals surface area contributed by atoms with Gasteiger partial charge in [0, 0.05) is 18.7 Å². The zero-order chi connectivity index (χ0) is 14.2. The highest BCUT2D eigenvalue weighted by atomic mass is 15.3. The molecular weight excluding hydrogens is 258 g/mol. The molecule has 3 unspecified atom stereocenters. The maximum absolute atomic E-state index is 4.90. The second kappa shape index (κ2) is 5.75. The number of hydrogen-bond donors (Lipinski definition) is 1. The molecule has 1 aromatic heterocycles. The molecule has 0 aromatic carbocycles. The van der Waals surface area contributed by atoms with Gasteiger partial charge >= 0.3 is 0 Å². The van der Waals surface area contributed by atoms with Crippen LogP contribution in [0.2, 0.25) is 0 Å². The van der Waals surface area contributed by atoms with E-state index in [1.165, 1.54) is 50.6 Å². The Morgan fingerprint density at radius 2 is 1.95 bits per heavy atom. The summed E-state index contributed by atoms with van der Waals surface area (Å²) in [6, 6.07) is 3.61. The molecule has 0 bridgehead atoms. The van der Waals surface area contributed by atoms with Gasteiger partial charge in [-0.15, -0.1) is 0 Å². The van der Waals surface area contributed by atoms with Gasteiger partial charge in [0.25, 0.3) is 0 Å². The van der Waals surface area contributed by atoms with Gasteiger partial charge in [0.05, 0.1) is 11.7 Å². The van der Waals surface area contributed by atoms with E-state index in [-0.39, 0.29) is 0 Å². The average molecular weight is 287 g/mol. The Morgan fingerprint density at radius 1 is 1.19 bits per heavy atom. The summed E-state index contributed by atoms with van der Waals surface area (Å²) >= 11 is 0. The summed E-state index contributed by atoms with van der Waals surface area (Å²) in [5.74, 6) is 3.01. The van der Waals surface area contributed by atoms with E-state index in [4.69, 9.17) is 5.10 Å². The molecule has 3 saturated carbocycles. The lowest BCUT2D eigenvalue weighted by Crippen LogP contribution is -2.34. The van der Waals surface area contributed by atoms with Crippen LogP contribution in [0.3, 0.4) is 0 Å². The van der Waals surface area contributed by atoms with Crippen molar-refractivity contribution in [2.24, 2.45) is 17.8 Å². The molecule has 1 N–H and O–H groups in total. The predicted molar refractivity (Wildman–Crippen MR) is 85.2 cm³/mol. The molecule has 3 aliphatic rings. The summed E-state index contributed by atoms with van der Waals surface area (Å²) in [7, 11) is 0. The van der Waals surface area contributed by atoms with Gasteiger partial charge < -0.3 is 5.32 Å². The van der Waals surface area contributed by atoms with Gasteiger partial charge in [-0.05, 0) is 56.0 Å². The molecule has 0 spiro atoms. The van der Waals surface area contributed by atoms with Crippen LogP contribution in [-0.4, -0.2) is 22.4 Å². The van der Waals surface area contributed by atoms with E-state index >= 15 is 0 Å². The molecule has 4 rings (SSSR count). The van der Waals surface area contributed by atoms with Crippen LogP contribution in [0.1, 0.15) is 63.6 Å². The van der Waals surface area contributed by atoms with Crippen molar-refractivity contribution in [3.8, 4) is 0 Å². The zero-order valence-electron chi connectivity index (χ0n) is 13.3. The lowest BCUT2D eigenvalue weighted by atomic mass is 10.00. The first kappa shape index (κ1) is 13.8. The topological polar surface area (TPSA) is 29.9 Å². The molecule has 0 radical (unpaired) electrons. The van der Waals surface area contributed by atoms with Crippen molar-refractivity contribution in [3.05, 3.63) is 18.0 Å². The highest BCUT2D eigenvalue weighted by Gasteiger charge is 2.55. The van der Waals surface area contributed by atoms with Crippen LogP contribution >= 0.6 is 0 Å². The Bertz CT molecular complexity index is 465. The molecule has 3 nitrogen and oxygen atoms in total. The van der Waals surface area contributed by atoms with Crippen LogP contribution in [0.15, 0.2) is 12.3 Å². The molecular formula is C18H29N3. The Kier molecular flexibility index (Phi) is 3.78. The summed E-state index contributed by atoms with van der Waals surface area (Å²) in [6.45, 7) is 3.33. The van der Waals surface area contributed by atoms with Crippen LogP contribution in [0.5, 0.6) is 0 Å². The van der Waals surface area contributed by atoms with Gasteiger partial charge in [0.2, 0.25) is 0 Å². The van der Waals surface area contributed by atoms with Gasteiger partial charge in [-0.1, -0.05) is 26.2 Å². The number of nitrogens with zero attached hydrogens (tertiary/aromatic N) is 2. The molecule has 0 aliphatic heterocycles. The molecule has 3 fully saturated rings. The standard InChI is InChI=1S/C18H29N3/c1-2-19-17(18-15-8-5-9-16(15)18)12-13-10-11-21(20-13)14-6-3-4-7-14/h10-11,14-19H,2-9,12H2,1H3. The smallest absolute Gasteiger partial charge is 0.0640 e. The van der Waals surface area contributed by atoms with Crippen molar-refractivity contribution < 1.29 is 0 Å². The highest BCUT2D eigenvalue weighted by molar-refractivity contribution is 5.11. The minimum atomic E-state index is 0.664. The number of aromatic nitrogens is 2. The first-order chi connectivity index (χ1) is 10.4. The van der Waals surface area contributed by atoms with Crippen molar-refractivity contribution in [2.75, 3.05) is 6.54 Å². The van der Waals surface area contributed by atoms with E-state index in [0.29, 0.717) is 12.1 Å². The Balaban J connectivity index is 1.41. The quantitative estimate of drug-likeness (QED) is 0.867. The first-order valence-corrected chi connectivity index (χ1v) is 9.14. The molecule has 3 heteroatoms. The van der Waals surface area contributed by atoms with Gasteiger partial charge in [-0.3, -0.25) is 4.68 Å². The molecule has 21 heavy (non-hydrogen) atoms. The van der Waals surface area contributed by atoms with Gasteiger partial charge in [0.15, 0.2) is 0 Å². The predicted octanol–water partition coefficient (Wildman–Crippen LogP) is 3.56. The minimum absolute atomic E-state index is 0.664. The summed E-state index contributed by atoms with van der Waals surface area (Å²) in [5.41, 5.74) is 1.30. The highest BCUT2D eigenvalue weighted by Crippen LogP contribution is 2.59. The van der Waals surface area contributed by atoms with Crippen molar-refractivity contribution in [1.82, 2.24) is 15.1 Å². The minimum Gasteiger partial charge on any atom is -0.314 e. The fourth-order valence-electron chi connectivity index (χ4n) is 5.16. The van der Waals surface area contributed by atoms with Crippen molar-refractivity contribution in [2.45, 2.75) is 70.4 Å². The number of hydrogen-bond acceptors (Lipinski definition) is 2. The summed E-state index contributed by atoms with van der Waals surface area (Å²) in [4.78, 5) is 0. The fourth-order valence-corrected chi connectivity index (χ4v) is 5.16. The summed E-state index contributed by atoms with van der Waals surface area (Å²) < 4.78 is 2.25. The van der Waals surface area contributed by atoms with Gasteiger partial charge in [-0.25, -0.2) is 0 Å². The van der Waals surface area contributed by atoms with Crippen molar-refractivity contribution in [1.29, 1.82) is 0 Å². The Morgan fingerprint density at radius 3 is 2.67 bits per heavy atom. The van der Waals surface area contributed by atoms with E-state index in [9.17, 15) is 0 Å². The van der Waals surface area contributed by atoms with E-state index in [1.807, 2.05) is 0 Å². The second-order valence-electron chi connectivity index (χ2n) is 7.43. The van der Waals surface area contributed by atoms with Crippen LogP contribution in [0.25, 0.3) is 0 Å². The molecule has 1 aromatic rings. The third kappa shape index (κ3) is 2.65. The normalized spacial score (nSPS) is 33.3. The Labute approximate surface area is 128 Å². The number of nitrogens with one attached hydrogen (secondary N) is 1. The maximum Gasteiger partial charge on any atom is 0.0640 e. The van der Waals surface area contributed by atoms with Crippen LogP contribution in [-0.2, 0) is 6.42 Å². The van der Waals surface area contributed by atoms with Crippen molar-refractivity contribution >= 4 is 0 Å². The number of likely N-dealkylation sites (N-methyl/N-ethyl adjacent to an activating group) is 1. The van der Waals surface area contributed by atoms with Gasteiger partial charge in [-0.2, -0.15) is 5.10 Å². The molecule has 3 atom stereocenters. The third-order valence-electron chi connectivity index (χ3n) is 6.20. The molecule has 3 aliphatic carbocycles. The monoisotopic (exact) mass is 287 g/mol. The third-order valence-corrected chi connectivity index (χ3v) is 6.20. The first-order valence-electron chi connectivity index (χ1n) is 9.14. The second-order valence-corrected chi connectivity index (χ2v) is 7.43. The molecule has 116 valence electrons. The van der Waals surface area contributed by atoms with Gasteiger partial charge in [0.1, 0.15) is 0 Å². The molecule has 0 amide bonds. The van der Waals surface area contributed by atoms with E-state index < -0.39 is 0 Å². The van der Waals surface area contributed by atoms with Crippen LogP contribution in [0.4, 0.5) is 0 Å². The Hall–Kier alpha value is -0.830. The molecule has 1 heterocycles. The maximum atomic E-state index is 4.90. The average Bonchev–Trinajstić information content (AvgIpc) is 3.03. The van der Waals surface area contributed by atoms with E-state index in [1.54, 1.807) is 0 Å². The zero-order valence-corrected chi connectivity index (χ0v) is 13.3. The van der Waals surface area contributed by atoms with Crippen LogP contribution in [0, 0.1) is 17.8 Å². The lowest BCUT2D eigenvalue weighted by molar-refractivity contribution is 0.402. The largest absolute Gasteiger partial charge is 0.314 e. The fraction of sp³-hybridized carbons (Fsp3) is 0.833. The lowest BCUT2D eigenvalue weighted by Gasteiger charge is -2.19. The summed E-state index contributed by atoms with van der Waals surface area (Å²) in [5, 5.41) is 8.65. The van der Waals surface area contributed by atoms with E-state index in [0.717, 1.165) is 30.7 Å². The van der Waals surface area contributed by atoms with Crippen molar-refractivity contribution in [3.63, 3.8) is 0 Å². The number of fused-ring (bicyclic) bond motifs is 1. The van der Waals surface area contributed by atoms with Crippen LogP contribution < -0.4 is 5.32 Å². The van der Waals surface area contributed by atoms with E-state index in [2.05, 4.69) is 29.2 Å². The number of rotatable bonds is 6. The molecule has 0 saturated heterocycles.